The first-order valence-corrected chi connectivity index (χ1v) is 5.87. The summed E-state index contributed by atoms with van der Waals surface area (Å²) in [6.07, 6.45) is 11.2. The summed E-state index contributed by atoms with van der Waals surface area (Å²) < 4.78 is 0. The lowest BCUT2D eigenvalue weighted by Gasteiger charge is -2.17. The van der Waals surface area contributed by atoms with Gasteiger partial charge in [-0.3, -0.25) is 4.79 Å². The fourth-order valence-corrected chi connectivity index (χ4v) is 1.41. The molecule has 1 rings (SSSR count). The highest BCUT2D eigenvalue weighted by Gasteiger charge is 2.17. The Kier molecular flexibility index (Phi) is 7.27. The molecule has 0 saturated heterocycles. The number of rotatable bonds is 2. The minimum atomic E-state index is -0.0519. The second-order valence-corrected chi connectivity index (χ2v) is 3.69. The van der Waals surface area contributed by atoms with E-state index in [0.717, 1.165) is 12.0 Å². The van der Waals surface area contributed by atoms with Crippen molar-refractivity contribution < 1.29 is 4.79 Å². The highest BCUT2D eigenvalue weighted by molar-refractivity contribution is 5.81. The van der Waals surface area contributed by atoms with Crippen LogP contribution in [0.4, 0.5) is 0 Å². The van der Waals surface area contributed by atoms with Gasteiger partial charge in [0.2, 0.25) is 5.91 Å². The first kappa shape index (κ1) is 14.7. The Morgan fingerprint density at radius 1 is 1.31 bits per heavy atom. The maximum atomic E-state index is 11.7. The molecule has 0 aliphatic heterocycles. The van der Waals surface area contributed by atoms with E-state index in [4.69, 9.17) is 0 Å². The zero-order chi connectivity index (χ0) is 12.6. The molecule has 1 amide bonds. The average Bonchev–Trinajstić information content (AvgIpc) is 2.58. The van der Waals surface area contributed by atoms with Gasteiger partial charge in [0.15, 0.2) is 0 Å². The molecule has 0 aromatic rings. The molecule has 2 nitrogen and oxygen atoms in total. The second-order valence-electron chi connectivity index (χ2n) is 3.69. The van der Waals surface area contributed by atoms with Crippen LogP contribution in [0.2, 0.25) is 0 Å². The van der Waals surface area contributed by atoms with Gasteiger partial charge < -0.3 is 4.90 Å². The van der Waals surface area contributed by atoms with Gasteiger partial charge in [-0.1, -0.05) is 44.2 Å². The number of carbonyl (C=O) groups excluding carboxylic acids is 1. The molecule has 0 heterocycles. The summed E-state index contributed by atoms with van der Waals surface area (Å²) in [7, 11) is 3.57. The minimum Gasteiger partial charge on any atom is -0.348 e. The van der Waals surface area contributed by atoms with Crippen LogP contribution in [0.3, 0.4) is 0 Å². The molecule has 1 aliphatic rings. The van der Waals surface area contributed by atoms with E-state index >= 15 is 0 Å². The smallest absolute Gasteiger partial charge is 0.229 e. The van der Waals surface area contributed by atoms with Crippen molar-refractivity contribution in [2.24, 2.45) is 5.92 Å². The topological polar surface area (TPSA) is 20.3 Å². The summed E-state index contributed by atoms with van der Waals surface area (Å²) >= 11 is 0. The van der Waals surface area contributed by atoms with Crippen LogP contribution < -0.4 is 0 Å². The summed E-state index contributed by atoms with van der Waals surface area (Å²) in [6, 6.07) is 0. The van der Waals surface area contributed by atoms with Gasteiger partial charge in [0, 0.05) is 14.1 Å². The van der Waals surface area contributed by atoms with Gasteiger partial charge in [0.05, 0.1) is 5.92 Å². The molecule has 1 unspecified atom stereocenters. The molecule has 0 bridgehead atoms. The molecular formula is C14H23NO. The third kappa shape index (κ3) is 4.47. The van der Waals surface area contributed by atoms with Gasteiger partial charge in [-0.15, -0.1) is 0 Å². The summed E-state index contributed by atoms with van der Waals surface area (Å²) in [6.45, 7) is 5.94. The van der Waals surface area contributed by atoms with E-state index in [1.54, 1.807) is 19.0 Å². The molecule has 0 spiro atoms. The predicted octanol–water partition coefficient (Wildman–Crippen LogP) is 3.18. The Morgan fingerprint density at radius 3 is 2.50 bits per heavy atom. The molecule has 0 aromatic heterocycles. The van der Waals surface area contributed by atoms with Gasteiger partial charge >= 0.3 is 0 Å². The minimum absolute atomic E-state index is 0.0519. The van der Waals surface area contributed by atoms with Crippen molar-refractivity contribution >= 4 is 5.91 Å². The van der Waals surface area contributed by atoms with Crippen LogP contribution in [-0.2, 0) is 4.79 Å². The van der Waals surface area contributed by atoms with Crippen molar-refractivity contribution in [3.8, 4) is 0 Å². The average molecular weight is 221 g/mol. The van der Waals surface area contributed by atoms with Crippen molar-refractivity contribution in [1.29, 1.82) is 0 Å². The molecule has 0 aromatic carbocycles. The van der Waals surface area contributed by atoms with E-state index in [1.165, 1.54) is 0 Å². The Labute approximate surface area is 99.3 Å². The lowest BCUT2D eigenvalue weighted by atomic mass is 9.99. The van der Waals surface area contributed by atoms with E-state index in [0.29, 0.717) is 0 Å². The predicted molar refractivity (Wildman–Crippen MR) is 70.2 cm³/mol. The Balaban J connectivity index is 0.00000106. The van der Waals surface area contributed by atoms with Gasteiger partial charge in [-0.25, -0.2) is 0 Å². The number of hydrogen-bond donors (Lipinski definition) is 0. The Morgan fingerprint density at radius 2 is 1.94 bits per heavy atom. The van der Waals surface area contributed by atoms with E-state index < -0.39 is 0 Å². The standard InChI is InChI=1S/C12H17NO.C2H6/c1-10(12(14)13(2)3)11-8-6-4-5-7-9-11;1-2/h4,6-10H,5H2,1-3H3;1-2H3. The normalized spacial score (nSPS) is 15.4. The number of nitrogens with zero attached hydrogens (tertiary/aromatic N) is 1. The SMILES string of the molecule is CC.CC(C(=O)N(C)C)C1=CC=CCC=C1. The van der Waals surface area contributed by atoms with Crippen molar-refractivity contribution in [2.75, 3.05) is 14.1 Å². The molecule has 0 fully saturated rings. The maximum Gasteiger partial charge on any atom is 0.229 e. The number of carbonyl (C=O) groups is 1. The zero-order valence-electron chi connectivity index (χ0n) is 11.0. The number of allylic oxidation sites excluding steroid dienone is 5. The lowest BCUT2D eigenvalue weighted by Crippen LogP contribution is -2.28. The molecule has 0 N–H and O–H groups in total. The number of hydrogen-bond acceptors (Lipinski definition) is 1. The summed E-state index contributed by atoms with van der Waals surface area (Å²) in [5, 5.41) is 0. The Bertz CT molecular complexity index is 298. The molecule has 16 heavy (non-hydrogen) atoms. The lowest BCUT2D eigenvalue weighted by molar-refractivity contribution is -0.131. The van der Waals surface area contributed by atoms with Crippen LogP contribution in [0.5, 0.6) is 0 Å². The fraction of sp³-hybridized carbons (Fsp3) is 0.500. The highest BCUT2D eigenvalue weighted by Crippen LogP contribution is 2.16. The summed E-state index contributed by atoms with van der Waals surface area (Å²) in [5.41, 5.74) is 1.08. The van der Waals surface area contributed by atoms with Gasteiger partial charge in [0.1, 0.15) is 0 Å². The van der Waals surface area contributed by atoms with E-state index in [1.807, 2.05) is 39.0 Å². The Hall–Kier alpha value is -1.31. The van der Waals surface area contributed by atoms with Crippen LogP contribution in [-0.4, -0.2) is 24.9 Å². The van der Waals surface area contributed by atoms with Gasteiger partial charge in [-0.2, -0.15) is 0 Å². The summed E-state index contributed by atoms with van der Waals surface area (Å²) in [5.74, 6) is 0.0974. The molecule has 0 radical (unpaired) electrons. The van der Waals surface area contributed by atoms with Crippen molar-refractivity contribution in [3.63, 3.8) is 0 Å². The quantitative estimate of drug-likeness (QED) is 0.701. The van der Waals surface area contributed by atoms with Crippen LogP contribution >= 0.6 is 0 Å². The van der Waals surface area contributed by atoms with Crippen LogP contribution in [0.15, 0.2) is 36.0 Å². The van der Waals surface area contributed by atoms with Crippen LogP contribution in [0.25, 0.3) is 0 Å². The first-order chi connectivity index (χ1) is 7.63. The fourth-order valence-electron chi connectivity index (χ4n) is 1.41. The molecular weight excluding hydrogens is 198 g/mol. The molecule has 1 atom stereocenters. The largest absolute Gasteiger partial charge is 0.348 e. The monoisotopic (exact) mass is 221 g/mol. The number of amides is 1. The van der Waals surface area contributed by atoms with E-state index in [2.05, 4.69) is 12.2 Å². The first-order valence-electron chi connectivity index (χ1n) is 5.87. The molecule has 0 saturated carbocycles. The summed E-state index contributed by atoms with van der Waals surface area (Å²) in [4.78, 5) is 13.3. The van der Waals surface area contributed by atoms with E-state index in [9.17, 15) is 4.79 Å². The second kappa shape index (κ2) is 7.91. The van der Waals surface area contributed by atoms with E-state index in [-0.39, 0.29) is 11.8 Å². The highest BCUT2D eigenvalue weighted by atomic mass is 16.2. The maximum absolute atomic E-state index is 11.7. The zero-order valence-corrected chi connectivity index (χ0v) is 11.0. The van der Waals surface area contributed by atoms with Crippen molar-refractivity contribution in [1.82, 2.24) is 4.90 Å². The van der Waals surface area contributed by atoms with Gasteiger partial charge in [-0.05, 0) is 18.9 Å². The third-order valence-electron chi connectivity index (χ3n) is 2.32. The van der Waals surface area contributed by atoms with Gasteiger partial charge in [0.25, 0.3) is 0 Å². The van der Waals surface area contributed by atoms with Crippen molar-refractivity contribution in [3.05, 3.63) is 36.0 Å². The molecule has 90 valence electrons. The third-order valence-corrected chi connectivity index (χ3v) is 2.32. The molecule has 2 heteroatoms. The molecule has 1 aliphatic carbocycles. The van der Waals surface area contributed by atoms with Crippen LogP contribution in [0.1, 0.15) is 27.2 Å². The van der Waals surface area contributed by atoms with Crippen LogP contribution in [0, 0.1) is 5.92 Å². The van der Waals surface area contributed by atoms with Crippen molar-refractivity contribution in [2.45, 2.75) is 27.2 Å².